The number of carboxylic acids is 1. The minimum Gasteiger partial charge on any atom is -0.481 e. The normalized spacial score (nSPS) is 31.5. The van der Waals surface area contributed by atoms with Crippen LogP contribution in [0.25, 0.3) is 0 Å². The van der Waals surface area contributed by atoms with E-state index in [0.29, 0.717) is 12.8 Å². The lowest BCUT2D eigenvalue weighted by molar-refractivity contribution is -0.139. The Balaban J connectivity index is 1.59. The lowest BCUT2D eigenvalue weighted by Crippen LogP contribution is -2.26. The number of aliphatic hydroxyl groups is 3. The molecule has 0 amide bonds. The Labute approximate surface area is 151 Å². The number of unbranched alkanes of at least 4 members (excludes halogenated alkanes) is 2. The lowest BCUT2D eigenvalue weighted by atomic mass is 9.86. The summed E-state index contributed by atoms with van der Waals surface area (Å²) in [6.45, 7) is 0. The van der Waals surface area contributed by atoms with Gasteiger partial charge in [-0.05, 0) is 37.5 Å². The van der Waals surface area contributed by atoms with Crippen molar-refractivity contribution in [3.63, 3.8) is 0 Å². The second-order valence-corrected chi connectivity index (χ2v) is 8.32. The van der Waals surface area contributed by atoms with Gasteiger partial charge in [-0.15, -0.1) is 0 Å². The van der Waals surface area contributed by atoms with Gasteiger partial charge in [-0.3, -0.25) is 4.79 Å². The average molecular weight is 357 g/mol. The van der Waals surface area contributed by atoms with Gasteiger partial charge in [0.25, 0.3) is 0 Å². The maximum absolute atomic E-state index is 10.9. The van der Waals surface area contributed by atoms with Crippen LogP contribution in [-0.2, 0) is 4.79 Å². The Bertz CT molecular complexity index is 394. The number of aliphatic hydroxyl groups excluding tert-OH is 3. The minimum absolute atomic E-state index is 0.111. The summed E-state index contributed by atoms with van der Waals surface area (Å²) in [5, 5.41) is 39.2. The third-order valence-corrected chi connectivity index (χ3v) is 6.39. The van der Waals surface area contributed by atoms with Crippen molar-refractivity contribution >= 4 is 5.97 Å². The third kappa shape index (κ3) is 6.87. The van der Waals surface area contributed by atoms with Crippen LogP contribution >= 0.6 is 0 Å². The molecule has 25 heavy (non-hydrogen) atoms. The Morgan fingerprint density at radius 1 is 0.920 bits per heavy atom. The maximum Gasteiger partial charge on any atom is 0.303 e. The van der Waals surface area contributed by atoms with Gasteiger partial charge in [-0.1, -0.05) is 51.4 Å². The molecular formula is C20H36O5. The van der Waals surface area contributed by atoms with E-state index in [2.05, 4.69) is 0 Å². The van der Waals surface area contributed by atoms with Crippen LogP contribution in [0.1, 0.15) is 83.5 Å². The fourth-order valence-corrected chi connectivity index (χ4v) is 4.88. The number of carbonyl (C=O) groups is 1. The van der Waals surface area contributed by atoms with Gasteiger partial charge in [0.1, 0.15) is 0 Å². The van der Waals surface area contributed by atoms with Crippen molar-refractivity contribution in [2.45, 2.75) is 102 Å². The number of rotatable bonds is 11. The highest BCUT2D eigenvalue weighted by atomic mass is 16.4. The second kappa shape index (κ2) is 10.5. The van der Waals surface area contributed by atoms with Crippen LogP contribution in [0, 0.1) is 17.8 Å². The molecule has 1 unspecified atom stereocenters. The van der Waals surface area contributed by atoms with E-state index < -0.39 is 24.1 Å². The molecule has 5 nitrogen and oxygen atoms in total. The monoisotopic (exact) mass is 356 g/mol. The van der Waals surface area contributed by atoms with Gasteiger partial charge in [0.05, 0.1) is 24.7 Å². The molecular weight excluding hydrogens is 320 g/mol. The molecule has 0 saturated heterocycles. The van der Waals surface area contributed by atoms with Gasteiger partial charge < -0.3 is 20.4 Å². The average Bonchev–Trinajstić information content (AvgIpc) is 3.14. The molecule has 2 saturated carbocycles. The van der Waals surface area contributed by atoms with Crippen molar-refractivity contribution in [2.75, 3.05) is 0 Å². The first-order chi connectivity index (χ1) is 12.0. The molecule has 5 heteroatoms. The number of aliphatic carboxylic acids is 1. The van der Waals surface area contributed by atoms with Crippen LogP contribution in [0.2, 0.25) is 0 Å². The third-order valence-electron chi connectivity index (χ3n) is 6.39. The molecule has 0 aromatic heterocycles. The molecule has 4 N–H and O–H groups in total. The van der Waals surface area contributed by atoms with E-state index in [1.54, 1.807) is 0 Å². The maximum atomic E-state index is 10.9. The van der Waals surface area contributed by atoms with Crippen LogP contribution in [0.4, 0.5) is 0 Å². The standard InChI is InChI=1S/C20H36O5/c21-15(9-3-1-2-6-14-7-4-5-8-14)10-11-16-17(12-20(24)25)19(23)13-18(16)22/h14-19,21-23H,1-13H2,(H,24,25)/t15?,16-,17-,18-,19+/m1/s1. The first-order valence-corrected chi connectivity index (χ1v) is 10.2. The van der Waals surface area contributed by atoms with Crippen molar-refractivity contribution in [1.29, 1.82) is 0 Å². The zero-order valence-electron chi connectivity index (χ0n) is 15.4. The van der Waals surface area contributed by atoms with Gasteiger partial charge in [0.2, 0.25) is 0 Å². The smallest absolute Gasteiger partial charge is 0.303 e. The van der Waals surface area contributed by atoms with Crippen LogP contribution in [-0.4, -0.2) is 44.7 Å². The van der Waals surface area contributed by atoms with Gasteiger partial charge >= 0.3 is 5.97 Å². The summed E-state index contributed by atoms with van der Waals surface area (Å²) in [7, 11) is 0. The van der Waals surface area contributed by atoms with E-state index in [4.69, 9.17) is 5.11 Å². The Hall–Kier alpha value is -0.650. The van der Waals surface area contributed by atoms with E-state index in [1.807, 2.05) is 0 Å². The molecule has 2 fully saturated rings. The van der Waals surface area contributed by atoms with Crippen LogP contribution in [0.3, 0.4) is 0 Å². The van der Waals surface area contributed by atoms with E-state index in [0.717, 1.165) is 18.8 Å². The molecule has 2 aliphatic carbocycles. The van der Waals surface area contributed by atoms with Crippen molar-refractivity contribution in [3.8, 4) is 0 Å². The van der Waals surface area contributed by atoms with Gasteiger partial charge in [-0.2, -0.15) is 0 Å². The molecule has 0 aromatic carbocycles. The predicted octanol–water partition coefficient (Wildman–Crippen LogP) is 3.10. The molecule has 146 valence electrons. The van der Waals surface area contributed by atoms with Gasteiger partial charge in [0.15, 0.2) is 0 Å². The van der Waals surface area contributed by atoms with Gasteiger partial charge in [0, 0.05) is 5.92 Å². The second-order valence-electron chi connectivity index (χ2n) is 8.32. The summed E-state index contributed by atoms with van der Waals surface area (Å²) in [5.74, 6) is -0.619. The largest absolute Gasteiger partial charge is 0.481 e. The number of hydrogen-bond donors (Lipinski definition) is 4. The Kier molecular flexibility index (Phi) is 8.67. The molecule has 0 spiro atoms. The van der Waals surface area contributed by atoms with Crippen molar-refractivity contribution < 1.29 is 25.2 Å². The van der Waals surface area contributed by atoms with Crippen LogP contribution in [0.5, 0.6) is 0 Å². The molecule has 0 radical (unpaired) electrons. The summed E-state index contributed by atoms with van der Waals surface area (Å²) in [5.41, 5.74) is 0. The SMILES string of the molecule is O=C(O)C[C@@H]1[C@@H](CCC(O)CCCCCC2CCCC2)[C@H](O)C[C@@H]1O. The van der Waals surface area contributed by atoms with Crippen LogP contribution < -0.4 is 0 Å². The van der Waals surface area contributed by atoms with E-state index in [9.17, 15) is 20.1 Å². The molecule has 2 rings (SSSR count). The quantitative estimate of drug-likeness (QED) is 0.427. The zero-order chi connectivity index (χ0) is 18.2. The fraction of sp³-hybridized carbons (Fsp3) is 0.950. The zero-order valence-corrected chi connectivity index (χ0v) is 15.4. The molecule has 2 aliphatic rings. The molecule has 0 heterocycles. The lowest BCUT2D eigenvalue weighted by Gasteiger charge is -2.23. The van der Waals surface area contributed by atoms with Crippen LogP contribution in [0.15, 0.2) is 0 Å². The first-order valence-electron chi connectivity index (χ1n) is 10.2. The fourth-order valence-electron chi connectivity index (χ4n) is 4.88. The number of carboxylic acid groups (broad SMARTS) is 1. The van der Waals surface area contributed by atoms with Crippen molar-refractivity contribution in [1.82, 2.24) is 0 Å². The van der Waals surface area contributed by atoms with E-state index in [-0.39, 0.29) is 24.9 Å². The van der Waals surface area contributed by atoms with E-state index >= 15 is 0 Å². The molecule has 0 bridgehead atoms. The summed E-state index contributed by atoms with van der Waals surface area (Å²) in [4.78, 5) is 10.9. The Morgan fingerprint density at radius 2 is 1.60 bits per heavy atom. The predicted molar refractivity (Wildman–Crippen MR) is 96.1 cm³/mol. The Morgan fingerprint density at radius 3 is 2.28 bits per heavy atom. The highest BCUT2D eigenvalue weighted by Gasteiger charge is 2.42. The summed E-state index contributed by atoms with van der Waals surface area (Å²) >= 11 is 0. The summed E-state index contributed by atoms with van der Waals surface area (Å²) in [6, 6.07) is 0. The minimum atomic E-state index is -0.939. The summed E-state index contributed by atoms with van der Waals surface area (Å²) in [6.07, 6.45) is 10.7. The van der Waals surface area contributed by atoms with Crippen molar-refractivity contribution in [2.24, 2.45) is 17.8 Å². The first kappa shape index (κ1) is 20.7. The molecule has 0 aromatic rings. The molecule has 5 atom stereocenters. The van der Waals surface area contributed by atoms with Crippen molar-refractivity contribution in [3.05, 3.63) is 0 Å². The van der Waals surface area contributed by atoms with Gasteiger partial charge in [-0.25, -0.2) is 0 Å². The summed E-state index contributed by atoms with van der Waals surface area (Å²) < 4.78 is 0. The van der Waals surface area contributed by atoms with E-state index in [1.165, 1.54) is 44.9 Å². The molecule has 0 aliphatic heterocycles. The highest BCUT2D eigenvalue weighted by Crippen LogP contribution is 2.38. The topological polar surface area (TPSA) is 98.0 Å². The highest BCUT2D eigenvalue weighted by molar-refractivity contribution is 5.67. The number of hydrogen-bond acceptors (Lipinski definition) is 4.